The number of nitrogens with zero attached hydrogens (tertiary/aromatic N) is 2. The highest BCUT2D eigenvalue weighted by Crippen LogP contribution is 2.26. The summed E-state index contributed by atoms with van der Waals surface area (Å²) in [5.41, 5.74) is 2.71. The fourth-order valence-corrected chi connectivity index (χ4v) is 2.24. The first-order chi connectivity index (χ1) is 10.6. The van der Waals surface area contributed by atoms with Crippen molar-refractivity contribution in [3.05, 3.63) is 65.5 Å². The number of aromatic nitrogens is 2. The molecule has 1 heterocycles. The van der Waals surface area contributed by atoms with E-state index in [9.17, 15) is 5.11 Å². The Morgan fingerprint density at radius 3 is 2.73 bits per heavy atom. The van der Waals surface area contributed by atoms with Crippen molar-refractivity contribution in [1.29, 1.82) is 0 Å². The number of halogens is 1. The van der Waals surface area contributed by atoms with Crippen LogP contribution in [0.1, 0.15) is 17.0 Å². The predicted octanol–water partition coefficient (Wildman–Crippen LogP) is 4.49. The first-order valence-electron chi connectivity index (χ1n) is 6.69. The highest BCUT2D eigenvalue weighted by molar-refractivity contribution is 6.50. The SMILES string of the molecule is Cc1cccc(-c2nnc(/C(Cl)=C/c3cccc(O)c3)o2)c1. The molecule has 0 aliphatic carbocycles. The van der Waals surface area contributed by atoms with Gasteiger partial charge in [-0.05, 0) is 42.8 Å². The Kier molecular flexibility index (Phi) is 3.94. The van der Waals surface area contributed by atoms with Crippen LogP contribution in [0.5, 0.6) is 5.75 Å². The zero-order valence-corrected chi connectivity index (χ0v) is 12.6. The van der Waals surface area contributed by atoms with Gasteiger partial charge in [0.05, 0.1) is 0 Å². The second kappa shape index (κ2) is 6.03. The number of aromatic hydroxyl groups is 1. The summed E-state index contributed by atoms with van der Waals surface area (Å²) in [7, 11) is 0. The molecule has 0 aliphatic rings. The fourth-order valence-electron chi connectivity index (χ4n) is 2.04. The molecule has 0 saturated heterocycles. The van der Waals surface area contributed by atoms with Gasteiger partial charge in [0.25, 0.3) is 5.89 Å². The van der Waals surface area contributed by atoms with Crippen LogP contribution in [0.15, 0.2) is 52.9 Å². The van der Waals surface area contributed by atoms with Crippen LogP contribution in [0.25, 0.3) is 22.6 Å². The van der Waals surface area contributed by atoms with Gasteiger partial charge in [-0.15, -0.1) is 10.2 Å². The summed E-state index contributed by atoms with van der Waals surface area (Å²) < 4.78 is 5.60. The first-order valence-corrected chi connectivity index (χ1v) is 7.07. The van der Waals surface area contributed by atoms with E-state index in [1.54, 1.807) is 24.3 Å². The van der Waals surface area contributed by atoms with Gasteiger partial charge in [-0.3, -0.25) is 0 Å². The van der Waals surface area contributed by atoms with Gasteiger partial charge >= 0.3 is 0 Å². The Balaban J connectivity index is 1.90. The molecule has 0 spiro atoms. The second-order valence-corrected chi connectivity index (χ2v) is 5.28. The summed E-state index contributed by atoms with van der Waals surface area (Å²) in [5.74, 6) is 0.826. The molecule has 0 aliphatic heterocycles. The van der Waals surface area contributed by atoms with Crippen LogP contribution < -0.4 is 0 Å². The van der Waals surface area contributed by atoms with Crippen LogP contribution >= 0.6 is 11.6 Å². The van der Waals surface area contributed by atoms with Crippen molar-refractivity contribution < 1.29 is 9.52 Å². The lowest BCUT2D eigenvalue weighted by Gasteiger charge is -1.97. The number of phenols is 1. The number of hydrogen-bond donors (Lipinski definition) is 1. The minimum Gasteiger partial charge on any atom is -0.508 e. The van der Waals surface area contributed by atoms with Crippen LogP contribution in [0.2, 0.25) is 0 Å². The molecule has 3 rings (SSSR count). The Morgan fingerprint density at radius 1 is 1.14 bits per heavy atom. The van der Waals surface area contributed by atoms with E-state index in [1.165, 1.54) is 0 Å². The second-order valence-electron chi connectivity index (χ2n) is 4.87. The van der Waals surface area contributed by atoms with Crippen LogP contribution in [0.4, 0.5) is 0 Å². The molecule has 0 fully saturated rings. The van der Waals surface area contributed by atoms with Crippen LogP contribution in [0.3, 0.4) is 0 Å². The third kappa shape index (κ3) is 3.18. The van der Waals surface area contributed by atoms with E-state index in [1.807, 2.05) is 37.3 Å². The Labute approximate surface area is 132 Å². The molecule has 3 aromatic rings. The van der Waals surface area contributed by atoms with Gasteiger partial charge in [-0.2, -0.15) is 0 Å². The normalized spacial score (nSPS) is 11.6. The van der Waals surface area contributed by atoms with Gasteiger partial charge in [0, 0.05) is 5.56 Å². The lowest BCUT2D eigenvalue weighted by atomic mass is 10.1. The molecule has 1 N–H and O–H groups in total. The van der Waals surface area contributed by atoms with E-state index < -0.39 is 0 Å². The van der Waals surface area contributed by atoms with Crippen LogP contribution in [-0.2, 0) is 0 Å². The first kappa shape index (κ1) is 14.4. The smallest absolute Gasteiger partial charge is 0.259 e. The summed E-state index contributed by atoms with van der Waals surface area (Å²) in [6.45, 7) is 2.00. The minimum absolute atomic E-state index is 0.171. The summed E-state index contributed by atoms with van der Waals surface area (Å²) in [6.07, 6.45) is 1.66. The predicted molar refractivity (Wildman–Crippen MR) is 86.3 cm³/mol. The average Bonchev–Trinajstić information content (AvgIpc) is 2.97. The lowest BCUT2D eigenvalue weighted by Crippen LogP contribution is -1.79. The molecular weight excluding hydrogens is 300 g/mol. The molecule has 4 nitrogen and oxygen atoms in total. The summed E-state index contributed by atoms with van der Waals surface area (Å²) in [5, 5.41) is 17.7. The quantitative estimate of drug-likeness (QED) is 0.774. The maximum atomic E-state index is 9.45. The van der Waals surface area contributed by atoms with Crippen molar-refractivity contribution in [3.8, 4) is 17.2 Å². The molecule has 2 aromatic carbocycles. The van der Waals surface area contributed by atoms with Gasteiger partial charge in [0.1, 0.15) is 10.8 Å². The van der Waals surface area contributed by atoms with Crippen molar-refractivity contribution in [2.45, 2.75) is 6.92 Å². The van der Waals surface area contributed by atoms with Crippen molar-refractivity contribution in [3.63, 3.8) is 0 Å². The van der Waals surface area contributed by atoms with Crippen molar-refractivity contribution >= 4 is 22.7 Å². The van der Waals surface area contributed by atoms with Gasteiger partial charge < -0.3 is 9.52 Å². The molecule has 0 bridgehead atoms. The molecular formula is C17H13ClN2O2. The number of benzene rings is 2. The van der Waals surface area contributed by atoms with Gasteiger partial charge in [-0.1, -0.05) is 41.4 Å². The maximum Gasteiger partial charge on any atom is 0.259 e. The highest BCUT2D eigenvalue weighted by Gasteiger charge is 2.11. The van der Waals surface area contributed by atoms with E-state index in [0.29, 0.717) is 10.9 Å². The molecule has 5 heteroatoms. The largest absolute Gasteiger partial charge is 0.508 e. The molecule has 110 valence electrons. The molecule has 22 heavy (non-hydrogen) atoms. The lowest BCUT2D eigenvalue weighted by molar-refractivity contribution is 0.475. The Morgan fingerprint density at radius 2 is 1.95 bits per heavy atom. The van der Waals surface area contributed by atoms with E-state index in [0.717, 1.165) is 16.7 Å². The van der Waals surface area contributed by atoms with Crippen molar-refractivity contribution in [1.82, 2.24) is 10.2 Å². The molecule has 0 radical (unpaired) electrons. The zero-order valence-electron chi connectivity index (χ0n) is 11.8. The molecule has 1 aromatic heterocycles. The summed E-state index contributed by atoms with van der Waals surface area (Å²) in [4.78, 5) is 0. The van der Waals surface area contributed by atoms with E-state index in [-0.39, 0.29) is 11.6 Å². The van der Waals surface area contributed by atoms with E-state index in [2.05, 4.69) is 10.2 Å². The van der Waals surface area contributed by atoms with Crippen LogP contribution in [-0.4, -0.2) is 15.3 Å². The number of rotatable bonds is 3. The monoisotopic (exact) mass is 312 g/mol. The third-order valence-electron chi connectivity index (χ3n) is 3.06. The fraction of sp³-hybridized carbons (Fsp3) is 0.0588. The molecule has 0 unspecified atom stereocenters. The standard InChI is InChI=1S/C17H13ClN2O2/c1-11-4-2-6-13(8-11)16-19-20-17(22-16)15(18)10-12-5-3-7-14(21)9-12/h2-10,21H,1H3/b15-10-. The van der Waals surface area contributed by atoms with Gasteiger partial charge in [-0.25, -0.2) is 0 Å². The third-order valence-corrected chi connectivity index (χ3v) is 3.33. The zero-order chi connectivity index (χ0) is 15.5. The maximum absolute atomic E-state index is 9.45. The minimum atomic E-state index is 0.171. The highest BCUT2D eigenvalue weighted by atomic mass is 35.5. The van der Waals surface area contributed by atoms with Gasteiger partial charge in [0.2, 0.25) is 5.89 Å². The Bertz CT molecular complexity index is 840. The van der Waals surface area contributed by atoms with Crippen LogP contribution in [0, 0.1) is 6.92 Å². The number of hydrogen-bond acceptors (Lipinski definition) is 4. The van der Waals surface area contributed by atoms with Crippen molar-refractivity contribution in [2.24, 2.45) is 0 Å². The Hall–Kier alpha value is -2.59. The summed E-state index contributed by atoms with van der Waals surface area (Å²) in [6, 6.07) is 14.5. The molecule has 0 amide bonds. The molecule has 0 atom stereocenters. The number of aryl methyl sites for hydroxylation is 1. The summed E-state index contributed by atoms with van der Waals surface area (Å²) >= 11 is 6.21. The number of phenolic OH excluding ortho intramolecular Hbond substituents is 1. The average molecular weight is 313 g/mol. The van der Waals surface area contributed by atoms with E-state index >= 15 is 0 Å². The van der Waals surface area contributed by atoms with Crippen molar-refractivity contribution in [2.75, 3.05) is 0 Å². The molecule has 0 saturated carbocycles. The van der Waals surface area contributed by atoms with Gasteiger partial charge in [0.15, 0.2) is 0 Å². The topological polar surface area (TPSA) is 59.2 Å². The van der Waals surface area contributed by atoms with E-state index in [4.69, 9.17) is 16.0 Å².